The SMILES string of the molecule is CC(C)NCc1cncc(N2CCC(N(C)C)CC2)n1. The van der Waals surface area contributed by atoms with Gasteiger partial charge in [0.25, 0.3) is 0 Å². The minimum Gasteiger partial charge on any atom is -0.355 e. The van der Waals surface area contributed by atoms with Crippen LogP contribution in [-0.4, -0.2) is 54.1 Å². The fraction of sp³-hybridized carbons (Fsp3) is 0.733. The summed E-state index contributed by atoms with van der Waals surface area (Å²) in [4.78, 5) is 13.7. The Labute approximate surface area is 122 Å². The van der Waals surface area contributed by atoms with Crippen LogP contribution in [0.15, 0.2) is 12.4 Å². The molecule has 0 atom stereocenters. The lowest BCUT2D eigenvalue weighted by Crippen LogP contribution is -2.42. The molecule has 0 radical (unpaired) electrons. The average molecular weight is 277 g/mol. The molecule has 0 bridgehead atoms. The van der Waals surface area contributed by atoms with Gasteiger partial charge in [0, 0.05) is 37.9 Å². The molecule has 112 valence electrons. The largest absolute Gasteiger partial charge is 0.355 e. The zero-order valence-corrected chi connectivity index (χ0v) is 13.1. The second-order valence-corrected chi connectivity index (χ2v) is 6.09. The minimum atomic E-state index is 0.469. The smallest absolute Gasteiger partial charge is 0.147 e. The first-order chi connectivity index (χ1) is 9.56. The van der Waals surface area contributed by atoms with E-state index >= 15 is 0 Å². The summed E-state index contributed by atoms with van der Waals surface area (Å²) >= 11 is 0. The summed E-state index contributed by atoms with van der Waals surface area (Å²) in [5, 5.41) is 3.39. The number of piperidine rings is 1. The van der Waals surface area contributed by atoms with Crippen molar-refractivity contribution < 1.29 is 0 Å². The molecule has 5 heteroatoms. The second-order valence-electron chi connectivity index (χ2n) is 6.09. The minimum absolute atomic E-state index is 0.469. The highest BCUT2D eigenvalue weighted by Gasteiger charge is 2.21. The van der Waals surface area contributed by atoms with E-state index in [2.05, 4.69) is 48.0 Å². The van der Waals surface area contributed by atoms with Crippen LogP contribution < -0.4 is 10.2 Å². The number of nitrogens with one attached hydrogen (secondary N) is 1. The van der Waals surface area contributed by atoms with Crippen molar-refractivity contribution in [3.05, 3.63) is 18.1 Å². The van der Waals surface area contributed by atoms with Gasteiger partial charge < -0.3 is 15.1 Å². The molecule has 0 amide bonds. The number of rotatable bonds is 5. The molecule has 0 aliphatic carbocycles. The van der Waals surface area contributed by atoms with Gasteiger partial charge in [-0.25, -0.2) is 4.98 Å². The molecule has 0 unspecified atom stereocenters. The molecule has 2 heterocycles. The molecule has 1 aliphatic rings. The Hall–Kier alpha value is -1.20. The van der Waals surface area contributed by atoms with E-state index in [1.54, 1.807) is 0 Å². The Balaban J connectivity index is 1.94. The molecule has 1 fully saturated rings. The van der Waals surface area contributed by atoms with E-state index in [-0.39, 0.29) is 0 Å². The number of anilines is 1. The van der Waals surface area contributed by atoms with Crippen LogP contribution >= 0.6 is 0 Å². The van der Waals surface area contributed by atoms with Crippen molar-refractivity contribution in [2.45, 2.75) is 45.3 Å². The highest BCUT2D eigenvalue weighted by molar-refractivity contribution is 5.37. The van der Waals surface area contributed by atoms with Crippen molar-refractivity contribution in [2.24, 2.45) is 0 Å². The summed E-state index contributed by atoms with van der Waals surface area (Å²) in [5.41, 5.74) is 1.02. The maximum absolute atomic E-state index is 4.73. The van der Waals surface area contributed by atoms with Crippen LogP contribution in [-0.2, 0) is 6.54 Å². The van der Waals surface area contributed by atoms with Gasteiger partial charge in [-0.05, 0) is 26.9 Å². The van der Waals surface area contributed by atoms with Gasteiger partial charge in [-0.1, -0.05) is 13.8 Å². The molecule has 1 N–H and O–H groups in total. The molecule has 1 aromatic heterocycles. The standard InChI is InChI=1S/C15H27N5/c1-12(2)17-10-13-9-16-11-15(18-13)20-7-5-14(6-8-20)19(3)4/h9,11-12,14,17H,5-8,10H2,1-4H3. The molecule has 1 saturated heterocycles. The van der Waals surface area contributed by atoms with Crippen LogP contribution in [0.2, 0.25) is 0 Å². The summed E-state index contributed by atoms with van der Waals surface area (Å²) in [5.74, 6) is 1.02. The summed E-state index contributed by atoms with van der Waals surface area (Å²) in [6.45, 7) is 7.20. The number of hydrogen-bond donors (Lipinski definition) is 1. The van der Waals surface area contributed by atoms with Crippen LogP contribution in [0.5, 0.6) is 0 Å². The Morgan fingerprint density at radius 3 is 2.60 bits per heavy atom. The Kier molecular flexibility index (Phi) is 5.31. The van der Waals surface area contributed by atoms with Crippen LogP contribution in [0.25, 0.3) is 0 Å². The van der Waals surface area contributed by atoms with E-state index in [0.717, 1.165) is 31.1 Å². The zero-order valence-electron chi connectivity index (χ0n) is 13.1. The third-order valence-electron chi connectivity index (χ3n) is 3.88. The zero-order chi connectivity index (χ0) is 14.5. The lowest BCUT2D eigenvalue weighted by atomic mass is 10.0. The van der Waals surface area contributed by atoms with E-state index < -0.39 is 0 Å². The van der Waals surface area contributed by atoms with Crippen molar-refractivity contribution in [3.63, 3.8) is 0 Å². The van der Waals surface area contributed by atoms with Gasteiger partial charge in [0.05, 0.1) is 11.9 Å². The molecule has 0 spiro atoms. The number of nitrogens with zero attached hydrogens (tertiary/aromatic N) is 4. The third kappa shape index (κ3) is 4.15. The lowest BCUT2D eigenvalue weighted by Gasteiger charge is -2.35. The van der Waals surface area contributed by atoms with Crippen molar-refractivity contribution >= 4 is 5.82 Å². The summed E-state index contributed by atoms with van der Waals surface area (Å²) in [7, 11) is 4.33. The van der Waals surface area contributed by atoms with Crippen LogP contribution in [0.4, 0.5) is 5.82 Å². The Morgan fingerprint density at radius 1 is 1.30 bits per heavy atom. The Bertz CT molecular complexity index is 410. The maximum atomic E-state index is 4.73. The molecular formula is C15H27N5. The normalized spacial score (nSPS) is 17.2. The topological polar surface area (TPSA) is 44.3 Å². The quantitative estimate of drug-likeness (QED) is 0.884. The van der Waals surface area contributed by atoms with Crippen LogP contribution in [0.3, 0.4) is 0 Å². The van der Waals surface area contributed by atoms with Gasteiger partial charge in [0.15, 0.2) is 0 Å². The van der Waals surface area contributed by atoms with Gasteiger partial charge in [0.2, 0.25) is 0 Å². The number of hydrogen-bond acceptors (Lipinski definition) is 5. The van der Waals surface area contributed by atoms with Crippen LogP contribution in [0, 0.1) is 0 Å². The van der Waals surface area contributed by atoms with Gasteiger partial charge in [-0.15, -0.1) is 0 Å². The van der Waals surface area contributed by atoms with Gasteiger partial charge in [-0.3, -0.25) is 4.98 Å². The maximum Gasteiger partial charge on any atom is 0.147 e. The van der Waals surface area contributed by atoms with E-state index in [1.807, 2.05) is 12.4 Å². The summed E-state index contributed by atoms with van der Waals surface area (Å²) < 4.78 is 0. The van der Waals surface area contributed by atoms with Gasteiger partial charge in [-0.2, -0.15) is 0 Å². The van der Waals surface area contributed by atoms with E-state index in [9.17, 15) is 0 Å². The first-order valence-electron chi connectivity index (χ1n) is 7.52. The molecule has 1 aliphatic heterocycles. The predicted molar refractivity (Wildman–Crippen MR) is 82.9 cm³/mol. The first kappa shape index (κ1) is 15.2. The first-order valence-corrected chi connectivity index (χ1v) is 7.52. The van der Waals surface area contributed by atoms with Gasteiger partial charge >= 0.3 is 0 Å². The van der Waals surface area contributed by atoms with Crippen molar-refractivity contribution in [2.75, 3.05) is 32.1 Å². The predicted octanol–water partition coefficient (Wildman–Crippen LogP) is 1.50. The molecule has 2 rings (SSSR count). The molecule has 20 heavy (non-hydrogen) atoms. The highest BCUT2D eigenvalue weighted by Crippen LogP contribution is 2.19. The van der Waals surface area contributed by atoms with E-state index in [4.69, 9.17) is 4.98 Å². The molecular weight excluding hydrogens is 250 g/mol. The fourth-order valence-corrected chi connectivity index (χ4v) is 2.55. The monoisotopic (exact) mass is 277 g/mol. The van der Waals surface area contributed by atoms with Gasteiger partial charge in [0.1, 0.15) is 5.82 Å². The highest BCUT2D eigenvalue weighted by atomic mass is 15.2. The average Bonchev–Trinajstić information content (AvgIpc) is 2.45. The summed E-state index contributed by atoms with van der Waals surface area (Å²) in [6, 6.07) is 1.17. The number of aromatic nitrogens is 2. The molecule has 0 aromatic carbocycles. The van der Waals surface area contributed by atoms with Crippen molar-refractivity contribution in [1.82, 2.24) is 20.2 Å². The van der Waals surface area contributed by atoms with E-state index in [0.29, 0.717) is 12.1 Å². The molecule has 5 nitrogen and oxygen atoms in total. The third-order valence-corrected chi connectivity index (χ3v) is 3.88. The van der Waals surface area contributed by atoms with Crippen molar-refractivity contribution in [1.29, 1.82) is 0 Å². The fourth-order valence-electron chi connectivity index (χ4n) is 2.55. The summed E-state index contributed by atoms with van der Waals surface area (Å²) in [6.07, 6.45) is 6.13. The molecule has 1 aromatic rings. The Morgan fingerprint density at radius 2 is 2.00 bits per heavy atom. The lowest BCUT2D eigenvalue weighted by molar-refractivity contribution is 0.249. The second kappa shape index (κ2) is 6.99. The van der Waals surface area contributed by atoms with Crippen LogP contribution in [0.1, 0.15) is 32.4 Å². The molecule has 0 saturated carbocycles. The van der Waals surface area contributed by atoms with Crippen molar-refractivity contribution in [3.8, 4) is 0 Å². The van der Waals surface area contributed by atoms with E-state index in [1.165, 1.54) is 12.8 Å².